The second kappa shape index (κ2) is 6.87. The molecule has 2 N–H and O–H groups in total. The van der Waals surface area contributed by atoms with E-state index in [-0.39, 0.29) is 28.9 Å². The van der Waals surface area contributed by atoms with Crippen molar-refractivity contribution in [3.05, 3.63) is 58.5 Å². The number of nitrogens with two attached hydrogens (primary N) is 1. The highest BCUT2D eigenvalue weighted by molar-refractivity contribution is 5.97. The van der Waals surface area contributed by atoms with Gasteiger partial charge in [0.2, 0.25) is 0 Å². The predicted octanol–water partition coefficient (Wildman–Crippen LogP) is 2.73. The van der Waals surface area contributed by atoms with Crippen LogP contribution in [0.5, 0.6) is 0 Å². The molecule has 0 aliphatic carbocycles. The fraction of sp³-hybridized carbons (Fsp3) is 0.211. The van der Waals surface area contributed by atoms with E-state index in [1.165, 1.54) is 17.7 Å². The van der Waals surface area contributed by atoms with Crippen molar-refractivity contribution in [2.75, 3.05) is 5.73 Å². The molecule has 0 radical (unpaired) electrons. The van der Waals surface area contributed by atoms with E-state index < -0.39 is 0 Å². The number of rotatable bonds is 4. The minimum Gasteiger partial charge on any atom is -0.382 e. The summed E-state index contributed by atoms with van der Waals surface area (Å²) < 4.78 is 1.37. The Morgan fingerprint density at radius 2 is 1.73 bits per heavy atom. The van der Waals surface area contributed by atoms with Crippen LogP contribution in [0.4, 0.5) is 5.82 Å². The zero-order valence-corrected chi connectivity index (χ0v) is 14.8. The maximum absolute atomic E-state index is 12.0. The average Bonchev–Trinajstić information content (AvgIpc) is 2.62. The maximum Gasteiger partial charge on any atom is 0.267 e. The summed E-state index contributed by atoms with van der Waals surface area (Å²) in [5.41, 5.74) is 7.98. The van der Waals surface area contributed by atoms with Crippen LogP contribution < -0.4 is 11.3 Å². The highest BCUT2D eigenvalue weighted by atomic mass is 16.1. The Hall–Kier alpha value is -3.35. The average molecular weight is 349 g/mol. The lowest BCUT2D eigenvalue weighted by Gasteiger charge is -2.13. The molecule has 0 amide bonds. The van der Waals surface area contributed by atoms with E-state index in [1.807, 2.05) is 44.2 Å². The Kier molecular flexibility index (Phi) is 4.62. The Morgan fingerprint density at radius 3 is 2.35 bits per heavy atom. The number of nitrogen functional groups attached to an aromatic ring is 1. The second-order valence-corrected chi connectivity index (χ2v) is 6.17. The number of nitrogens with zero attached hydrogens (tertiary/aromatic N) is 4. The molecule has 1 aromatic carbocycles. The van der Waals surface area contributed by atoms with Gasteiger partial charge in [-0.25, -0.2) is 14.6 Å². The van der Waals surface area contributed by atoms with Crippen molar-refractivity contribution in [3.8, 4) is 22.6 Å². The Bertz CT molecular complexity index is 1030. The van der Waals surface area contributed by atoms with Gasteiger partial charge in [0, 0.05) is 18.6 Å². The first-order valence-corrected chi connectivity index (χ1v) is 8.22. The molecule has 2 heterocycles. The molecule has 0 saturated carbocycles. The topological polar surface area (TPSA) is 104 Å². The van der Waals surface area contributed by atoms with Gasteiger partial charge in [0.05, 0.1) is 6.04 Å². The third-order valence-electron chi connectivity index (χ3n) is 3.86. The maximum atomic E-state index is 12.0. The molecule has 2 aromatic heterocycles. The van der Waals surface area contributed by atoms with Gasteiger partial charge in [-0.05, 0) is 19.9 Å². The SMILES string of the molecule is CC(=O)c1nc(-c2ccc(=O)n(C(C)C)n2)c(-c2ccccc2)nc1N. The minimum atomic E-state index is -0.284. The quantitative estimate of drug-likeness (QED) is 0.726. The number of aromatic nitrogens is 4. The van der Waals surface area contributed by atoms with E-state index in [0.29, 0.717) is 17.1 Å². The van der Waals surface area contributed by atoms with Crippen molar-refractivity contribution in [2.45, 2.75) is 26.8 Å². The van der Waals surface area contributed by atoms with Crippen LogP contribution in [0, 0.1) is 0 Å². The summed E-state index contributed by atoms with van der Waals surface area (Å²) in [6, 6.07) is 12.3. The summed E-state index contributed by atoms with van der Waals surface area (Å²) in [5.74, 6) is -0.217. The molecule has 0 atom stereocenters. The van der Waals surface area contributed by atoms with Crippen molar-refractivity contribution in [1.82, 2.24) is 19.7 Å². The molecule has 0 fully saturated rings. The highest BCUT2D eigenvalue weighted by Gasteiger charge is 2.19. The zero-order valence-electron chi connectivity index (χ0n) is 14.8. The van der Waals surface area contributed by atoms with Gasteiger partial charge in [-0.1, -0.05) is 30.3 Å². The Balaban J connectivity index is 2.32. The van der Waals surface area contributed by atoms with E-state index in [0.717, 1.165) is 5.56 Å². The molecular weight excluding hydrogens is 330 g/mol. The Labute approximate surface area is 150 Å². The van der Waals surface area contributed by atoms with Gasteiger partial charge in [-0.2, -0.15) is 5.10 Å². The van der Waals surface area contributed by atoms with Gasteiger partial charge in [-0.15, -0.1) is 0 Å². The highest BCUT2D eigenvalue weighted by Crippen LogP contribution is 2.29. The molecule has 26 heavy (non-hydrogen) atoms. The number of hydrogen-bond donors (Lipinski definition) is 1. The van der Waals surface area contributed by atoms with Crippen molar-refractivity contribution in [3.63, 3.8) is 0 Å². The molecule has 3 rings (SSSR count). The molecular formula is C19H19N5O2. The normalized spacial score (nSPS) is 10.9. The van der Waals surface area contributed by atoms with E-state index in [4.69, 9.17) is 5.73 Å². The van der Waals surface area contributed by atoms with Gasteiger partial charge in [0.1, 0.15) is 22.8 Å². The number of ketones is 1. The molecule has 0 spiro atoms. The molecule has 3 aromatic rings. The molecule has 0 aliphatic rings. The molecule has 7 heteroatoms. The predicted molar refractivity (Wildman–Crippen MR) is 99.8 cm³/mol. The lowest BCUT2D eigenvalue weighted by molar-refractivity contribution is 0.101. The number of anilines is 1. The third kappa shape index (κ3) is 3.23. The summed E-state index contributed by atoms with van der Waals surface area (Å²) in [4.78, 5) is 32.7. The summed E-state index contributed by atoms with van der Waals surface area (Å²) in [7, 11) is 0. The lowest BCUT2D eigenvalue weighted by atomic mass is 10.1. The van der Waals surface area contributed by atoms with Gasteiger partial charge in [0.25, 0.3) is 5.56 Å². The van der Waals surface area contributed by atoms with Crippen LogP contribution in [0.2, 0.25) is 0 Å². The molecule has 7 nitrogen and oxygen atoms in total. The number of carbonyl (C=O) groups excluding carboxylic acids is 1. The van der Waals surface area contributed by atoms with E-state index in [1.54, 1.807) is 6.07 Å². The third-order valence-corrected chi connectivity index (χ3v) is 3.86. The van der Waals surface area contributed by atoms with Crippen LogP contribution >= 0.6 is 0 Å². The number of carbonyl (C=O) groups is 1. The van der Waals surface area contributed by atoms with Crippen LogP contribution in [0.25, 0.3) is 22.6 Å². The first-order chi connectivity index (χ1) is 12.4. The fourth-order valence-corrected chi connectivity index (χ4v) is 2.60. The number of Topliss-reactive ketones (excluding diaryl/α,β-unsaturated/α-hetero) is 1. The van der Waals surface area contributed by atoms with E-state index >= 15 is 0 Å². The number of benzene rings is 1. The van der Waals surface area contributed by atoms with Crippen LogP contribution in [0.3, 0.4) is 0 Å². The summed E-state index contributed by atoms with van der Waals surface area (Å²) in [5, 5.41) is 4.41. The molecule has 0 bridgehead atoms. The largest absolute Gasteiger partial charge is 0.382 e. The molecule has 132 valence electrons. The monoisotopic (exact) mass is 349 g/mol. The smallest absolute Gasteiger partial charge is 0.267 e. The fourth-order valence-electron chi connectivity index (χ4n) is 2.60. The summed E-state index contributed by atoms with van der Waals surface area (Å²) in [6.45, 7) is 5.12. The standard InChI is InChI=1S/C19H19N5O2/c1-11(2)24-15(26)10-9-14(23-24)18-17(13-7-5-4-6-8-13)22-19(20)16(21-18)12(3)25/h4-11H,1-3H3,(H2,20,22). The van der Waals surface area contributed by atoms with Crippen molar-refractivity contribution < 1.29 is 4.79 Å². The lowest BCUT2D eigenvalue weighted by Crippen LogP contribution is -2.24. The Morgan fingerprint density at radius 1 is 1.04 bits per heavy atom. The van der Waals surface area contributed by atoms with Gasteiger partial charge in [0.15, 0.2) is 11.6 Å². The zero-order chi connectivity index (χ0) is 18.8. The molecule has 0 aliphatic heterocycles. The van der Waals surface area contributed by atoms with Gasteiger partial charge < -0.3 is 5.73 Å². The first-order valence-electron chi connectivity index (χ1n) is 8.22. The van der Waals surface area contributed by atoms with Crippen molar-refractivity contribution in [1.29, 1.82) is 0 Å². The van der Waals surface area contributed by atoms with E-state index in [2.05, 4.69) is 15.1 Å². The van der Waals surface area contributed by atoms with Gasteiger partial charge >= 0.3 is 0 Å². The van der Waals surface area contributed by atoms with Crippen LogP contribution in [0.1, 0.15) is 37.3 Å². The summed E-state index contributed by atoms with van der Waals surface area (Å²) in [6.07, 6.45) is 0. The van der Waals surface area contributed by atoms with Crippen molar-refractivity contribution >= 4 is 11.6 Å². The second-order valence-electron chi connectivity index (χ2n) is 6.17. The summed E-state index contributed by atoms with van der Waals surface area (Å²) >= 11 is 0. The number of hydrogen-bond acceptors (Lipinski definition) is 6. The van der Waals surface area contributed by atoms with Crippen molar-refractivity contribution in [2.24, 2.45) is 0 Å². The molecule has 0 saturated heterocycles. The van der Waals surface area contributed by atoms with Gasteiger partial charge in [-0.3, -0.25) is 9.59 Å². The minimum absolute atomic E-state index is 0.0669. The van der Waals surface area contributed by atoms with E-state index in [9.17, 15) is 9.59 Å². The molecule has 0 unspecified atom stereocenters. The van der Waals surface area contributed by atoms with Crippen LogP contribution in [0.15, 0.2) is 47.3 Å². The first kappa shape index (κ1) is 17.5. The van der Waals surface area contributed by atoms with Crippen LogP contribution in [-0.2, 0) is 0 Å². The van der Waals surface area contributed by atoms with Crippen LogP contribution in [-0.4, -0.2) is 25.5 Å².